The Labute approximate surface area is 158 Å². The first kappa shape index (κ1) is 16.8. The van der Waals surface area contributed by atoms with E-state index in [1.54, 1.807) is 11.3 Å². The Morgan fingerprint density at radius 1 is 1.23 bits per heavy atom. The normalized spacial score (nSPS) is 37.2. The molecule has 5 aliphatic carbocycles. The molecule has 4 nitrogen and oxygen atoms in total. The molecule has 138 valence electrons. The number of fused-ring (bicyclic) bond motifs is 1. The molecule has 4 saturated carbocycles. The van der Waals surface area contributed by atoms with Gasteiger partial charge >= 0.3 is 0 Å². The minimum absolute atomic E-state index is 0.0212. The largest absolute Gasteiger partial charge is 0.390 e. The lowest BCUT2D eigenvalue weighted by Crippen LogP contribution is -2.56. The first-order valence-electron chi connectivity index (χ1n) is 10.0. The number of hydrogen-bond acceptors (Lipinski definition) is 4. The van der Waals surface area contributed by atoms with Gasteiger partial charge in [0.05, 0.1) is 11.2 Å². The van der Waals surface area contributed by atoms with E-state index in [0.717, 1.165) is 56.4 Å². The van der Waals surface area contributed by atoms with E-state index in [-0.39, 0.29) is 11.3 Å². The maximum Gasteiger partial charge on any atom is 0.225 e. The lowest BCUT2D eigenvalue weighted by atomic mass is 9.47. The number of nitriles is 1. The molecular formula is C21H26N2O2S. The zero-order chi connectivity index (χ0) is 17.9. The van der Waals surface area contributed by atoms with Crippen molar-refractivity contribution in [3.05, 3.63) is 16.0 Å². The fourth-order valence-corrected chi connectivity index (χ4v) is 8.15. The standard InChI is InChI=1S/C21H26N2O2S/c22-11-16-15-3-1-2-4-17(15)26-19(16)23-18(24)10-20-6-13-5-14(7-20)9-21(25,8-13)12-20/h13-14,25H,1-10,12H2,(H,23,24). The molecular weight excluding hydrogens is 344 g/mol. The second-order valence-electron chi connectivity index (χ2n) is 9.44. The molecule has 0 spiro atoms. The number of nitrogens with one attached hydrogen (secondary N) is 1. The SMILES string of the molecule is N#Cc1c(NC(=O)CC23CC4CC(CC(O)(C4)C2)C3)sc2c1CCCC2. The topological polar surface area (TPSA) is 73.1 Å². The summed E-state index contributed by atoms with van der Waals surface area (Å²) in [4.78, 5) is 14.2. The van der Waals surface area contributed by atoms with Crippen LogP contribution in [0.4, 0.5) is 5.00 Å². The average molecular weight is 371 g/mol. The highest BCUT2D eigenvalue weighted by molar-refractivity contribution is 7.16. The van der Waals surface area contributed by atoms with Crippen LogP contribution in [0.15, 0.2) is 0 Å². The smallest absolute Gasteiger partial charge is 0.225 e. The van der Waals surface area contributed by atoms with Crippen LogP contribution in [-0.2, 0) is 17.6 Å². The van der Waals surface area contributed by atoms with Crippen molar-refractivity contribution in [2.75, 3.05) is 5.32 Å². The highest BCUT2D eigenvalue weighted by Gasteiger charge is 2.57. The Kier molecular flexibility index (Phi) is 3.75. The number of rotatable bonds is 3. The molecule has 5 aliphatic rings. The molecule has 0 saturated heterocycles. The maximum absolute atomic E-state index is 12.9. The molecule has 0 aromatic carbocycles. The van der Waals surface area contributed by atoms with Gasteiger partial charge in [0.25, 0.3) is 0 Å². The van der Waals surface area contributed by atoms with Gasteiger partial charge in [-0.25, -0.2) is 0 Å². The van der Waals surface area contributed by atoms with Gasteiger partial charge in [-0.2, -0.15) is 5.26 Å². The second kappa shape index (κ2) is 5.81. The molecule has 1 aromatic rings. The number of thiophene rings is 1. The van der Waals surface area contributed by atoms with Gasteiger partial charge in [0, 0.05) is 11.3 Å². The Morgan fingerprint density at radius 3 is 2.65 bits per heavy atom. The number of carbonyl (C=O) groups is 1. The first-order valence-corrected chi connectivity index (χ1v) is 10.9. The Hall–Kier alpha value is -1.38. The molecule has 2 N–H and O–H groups in total. The molecule has 2 atom stereocenters. The lowest BCUT2D eigenvalue weighted by molar-refractivity contribution is -0.167. The van der Waals surface area contributed by atoms with Crippen molar-refractivity contribution in [2.45, 2.75) is 76.2 Å². The van der Waals surface area contributed by atoms with Crippen LogP contribution in [0, 0.1) is 28.6 Å². The van der Waals surface area contributed by atoms with E-state index in [1.807, 2.05) is 0 Å². The Morgan fingerprint density at radius 2 is 1.96 bits per heavy atom. The molecule has 5 heteroatoms. The Balaban J connectivity index is 1.34. The van der Waals surface area contributed by atoms with Crippen LogP contribution in [0.5, 0.6) is 0 Å². The van der Waals surface area contributed by atoms with E-state index in [1.165, 1.54) is 23.3 Å². The maximum atomic E-state index is 12.9. The van der Waals surface area contributed by atoms with Gasteiger partial charge in [-0.15, -0.1) is 11.3 Å². The summed E-state index contributed by atoms with van der Waals surface area (Å²) in [5.74, 6) is 1.22. The van der Waals surface area contributed by atoms with Gasteiger partial charge in [-0.3, -0.25) is 4.79 Å². The van der Waals surface area contributed by atoms with Crippen molar-refractivity contribution in [3.8, 4) is 6.07 Å². The molecule has 1 amide bonds. The molecule has 4 bridgehead atoms. The van der Waals surface area contributed by atoms with E-state index < -0.39 is 5.60 Å². The number of anilines is 1. The minimum Gasteiger partial charge on any atom is -0.390 e. The average Bonchev–Trinajstić information content (AvgIpc) is 2.88. The summed E-state index contributed by atoms with van der Waals surface area (Å²) in [5, 5.41) is 24.3. The zero-order valence-corrected chi connectivity index (χ0v) is 16.0. The van der Waals surface area contributed by atoms with Crippen LogP contribution in [0.25, 0.3) is 0 Å². The predicted molar refractivity (Wildman–Crippen MR) is 101 cm³/mol. The monoisotopic (exact) mass is 370 g/mol. The van der Waals surface area contributed by atoms with Gasteiger partial charge in [-0.05, 0) is 87.0 Å². The number of aliphatic hydroxyl groups is 1. The molecule has 2 unspecified atom stereocenters. The van der Waals surface area contributed by atoms with Crippen molar-refractivity contribution in [1.29, 1.82) is 5.26 Å². The molecule has 0 radical (unpaired) electrons. The van der Waals surface area contributed by atoms with Crippen molar-refractivity contribution in [2.24, 2.45) is 17.3 Å². The summed E-state index contributed by atoms with van der Waals surface area (Å²) in [6, 6.07) is 2.33. The summed E-state index contributed by atoms with van der Waals surface area (Å²) in [7, 11) is 0. The molecule has 1 heterocycles. The zero-order valence-electron chi connectivity index (χ0n) is 15.1. The third kappa shape index (κ3) is 2.70. The minimum atomic E-state index is -0.524. The molecule has 26 heavy (non-hydrogen) atoms. The summed E-state index contributed by atoms with van der Waals surface area (Å²) < 4.78 is 0. The third-order valence-electron chi connectivity index (χ3n) is 7.22. The van der Waals surface area contributed by atoms with Gasteiger partial charge in [-0.1, -0.05) is 0 Å². The van der Waals surface area contributed by atoms with Crippen molar-refractivity contribution >= 4 is 22.2 Å². The quantitative estimate of drug-likeness (QED) is 0.839. The summed E-state index contributed by atoms with van der Waals surface area (Å²) in [5.41, 5.74) is 1.32. The van der Waals surface area contributed by atoms with E-state index in [4.69, 9.17) is 0 Å². The van der Waals surface area contributed by atoms with Crippen LogP contribution >= 0.6 is 11.3 Å². The van der Waals surface area contributed by atoms with Gasteiger partial charge in [0.15, 0.2) is 0 Å². The molecule has 0 aliphatic heterocycles. The predicted octanol–water partition coefficient (Wildman–Crippen LogP) is 4.16. The van der Waals surface area contributed by atoms with Crippen molar-refractivity contribution < 1.29 is 9.90 Å². The summed E-state index contributed by atoms with van der Waals surface area (Å²) in [6.45, 7) is 0. The third-order valence-corrected chi connectivity index (χ3v) is 8.43. The van der Waals surface area contributed by atoms with Gasteiger partial charge in [0.2, 0.25) is 5.91 Å². The van der Waals surface area contributed by atoms with E-state index in [2.05, 4.69) is 11.4 Å². The Bertz CT molecular complexity index is 792. The lowest BCUT2D eigenvalue weighted by Gasteiger charge is -2.60. The highest BCUT2D eigenvalue weighted by atomic mass is 32.1. The number of aryl methyl sites for hydroxylation is 1. The number of hydrogen-bond donors (Lipinski definition) is 2. The number of carbonyl (C=O) groups excluding carboxylic acids is 1. The van der Waals surface area contributed by atoms with Crippen LogP contribution < -0.4 is 5.32 Å². The van der Waals surface area contributed by atoms with Crippen molar-refractivity contribution in [3.63, 3.8) is 0 Å². The number of nitrogens with zero attached hydrogens (tertiary/aromatic N) is 1. The molecule has 4 fully saturated rings. The fourth-order valence-electron chi connectivity index (χ4n) is 6.89. The van der Waals surface area contributed by atoms with E-state index in [0.29, 0.717) is 23.8 Å². The summed E-state index contributed by atoms with van der Waals surface area (Å²) in [6.07, 6.45) is 10.9. The fraction of sp³-hybridized carbons (Fsp3) is 0.714. The van der Waals surface area contributed by atoms with Crippen LogP contribution in [0.3, 0.4) is 0 Å². The van der Waals surface area contributed by atoms with Crippen LogP contribution in [0.2, 0.25) is 0 Å². The highest BCUT2D eigenvalue weighted by Crippen LogP contribution is 2.62. The van der Waals surface area contributed by atoms with Gasteiger partial charge < -0.3 is 10.4 Å². The first-order chi connectivity index (χ1) is 12.5. The number of amides is 1. The van der Waals surface area contributed by atoms with Crippen molar-refractivity contribution in [1.82, 2.24) is 0 Å². The molecule has 1 aromatic heterocycles. The van der Waals surface area contributed by atoms with E-state index in [9.17, 15) is 15.2 Å². The van der Waals surface area contributed by atoms with Crippen LogP contribution in [0.1, 0.15) is 73.8 Å². The van der Waals surface area contributed by atoms with Crippen LogP contribution in [-0.4, -0.2) is 16.6 Å². The molecule has 6 rings (SSSR count). The summed E-state index contributed by atoms with van der Waals surface area (Å²) >= 11 is 1.60. The second-order valence-corrected chi connectivity index (χ2v) is 10.5. The van der Waals surface area contributed by atoms with E-state index >= 15 is 0 Å². The van der Waals surface area contributed by atoms with Gasteiger partial charge in [0.1, 0.15) is 11.1 Å².